The molecule has 0 fully saturated rings. The van der Waals surface area contributed by atoms with Crippen LogP contribution in [-0.4, -0.2) is 48.8 Å². The molecule has 0 spiro atoms. The fraction of sp³-hybridized carbons (Fsp3) is 0.385. The molecule has 1 amide bonds. The van der Waals surface area contributed by atoms with Crippen molar-refractivity contribution in [1.82, 2.24) is 10.0 Å². The number of fused-ring (bicyclic) bond motifs is 1. The third-order valence-corrected chi connectivity index (χ3v) is 8.75. The quantitative estimate of drug-likeness (QED) is 0.220. The van der Waals surface area contributed by atoms with Crippen LogP contribution in [-0.2, 0) is 32.3 Å². The maximum atomic E-state index is 14.9. The summed E-state index contributed by atoms with van der Waals surface area (Å²) in [7, 11) is -2.33. The summed E-state index contributed by atoms with van der Waals surface area (Å²) in [6.45, 7) is 1.61. The van der Waals surface area contributed by atoms with Crippen LogP contribution < -0.4 is 11.0 Å². The lowest BCUT2D eigenvalue weighted by atomic mass is 9.98. The Bertz CT molecular complexity index is 1470. The van der Waals surface area contributed by atoms with Gasteiger partial charge < -0.3 is 9.30 Å². The second-order valence-electron chi connectivity index (χ2n) is 9.16. The lowest BCUT2D eigenvalue weighted by Gasteiger charge is -2.25. The minimum atomic E-state index is -3.92. The third-order valence-electron chi connectivity index (χ3n) is 6.72. The van der Waals surface area contributed by atoms with Crippen LogP contribution in [0.3, 0.4) is 0 Å². The third kappa shape index (κ3) is 5.89. The van der Waals surface area contributed by atoms with Crippen molar-refractivity contribution < 1.29 is 31.9 Å². The summed E-state index contributed by atoms with van der Waals surface area (Å²) in [5.41, 5.74) is 1.69. The maximum absolute atomic E-state index is 14.9. The predicted molar refractivity (Wildman–Crippen MR) is 136 cm³/mol. The number of halogens is 2. The molecule has 0 unspecified atom stereocenters. The maximum Gasteiger partial charge on any atom is 0.264 e. The monoisotopic (exact) mass is 536 g/mol. The van der Waals surface area contributed by atoms with Crippen molar-refractivity contribution in [3.8, 4) is 11.1 Å². The standard InChI is InChI=1S/C26H30F2N2O6S/c1-26(25(32)29-33,37(3,34)35)12-14-30-13-11-19-16-18(8-10-21(19)24(30)31)20-9-7-17(22(27)23(20)28)6-4-5-15-36-2/h7-11,13,16,33H,4-6,12,14-15H2,1-3H3,(H,29,32)/t26-/m0/s1. The molecular weight excluding hydrogens is 506 g/mol. The topological polar surface area (TPSA) is 115 Å². The minimum absolute atomic E-state index is 0.0724. The number of unbranched alkanes of at least 4 members (excludes halogenated alkanes) is 1. The molecule has 0 saturated carbocycles. The van der Waals surface area contributed by atoms with Gasteiger partial charge in [-0.1, -0.05) is 18.2 Å². The normalized spacial score (nSPS) is 13.5. The first kappa shape index (κ1) is 28.4. The van der Waals surface area contributed by atoms with Crippen molar-refractivity contribution in [2.24, 2.45) is 0 Å². The van der Waals surface area contributed by atoms with Crippen LogP contribution in [0.5, 0.6) is 0 Å². The SMILES string of the molecule is COCCCCc1ccc(-c2ccc3c(=O)n(CC[C@@](C)(C(=O)NO)S(C)(=O)=O)ccc3c2)c(F)c1F. The van der Waals surface area contributed by atoms with Crippen molar-refractivity contribution in [3.63, 3.8) is 0 Å². The van der Waals surface area contributed by atoms with Crippen molar-refractivity contribution in [1.29, 1.82) is 0 Å². The minimum Gasteiger partial charge on any atom is -0.385 e. The molecule has 0 aliphatic heterocycles. The van der Waals surface area contributed by atoms with Gasteiger partial charge in [0.1, 0.15) is 0 Å². The number of hydrogen-bond donors (Lipinski definition) is 2. The number of nitrogens with zero attached hydrogens (tertiary/aromatic N) is 1. The molecule has 37 heavy (non-hydrogen) atoms. The van der Waals surface area contributed by atoms with Crippen molar-refractivity contribution >= 4 is 26.5 Å². The van der Waals surface area contributed by atoms with E-state index in [0.29, 0.717) is 30.4 Å². The Labute approximate surface area is 213 Å². The van der Waals surface area contributed by atoms with Crippen LogP contribution >= 0.6 is 0 Å². The van der Waals surface area contributed by atoms with E-state index in [1.165, 1.54) is 41.4 Å². The number of benzene rings is 2. The van der Waals surface area contributed by atoms with Crippen molar-refractivity contribution in [2.75, 3.05) is 20.0 Å². The molecule has 8 nitrogen and oxygen atoms in total. The summed E-state index contributed by atoms with van der Waals surface area (Å²) in [5, 5.41) is 9.74. The van der Waals surface area contributed by atoms with Gasteiger partial charge in [0.15, 0.2) is 26.2 Å². The molecule has 0 saturated heterocycles. The number of ether oxygens (including phenoxy) is 1. The van der Waals surface area contributed by atoms with Crippen LogP contribution in [0, 0.1) is 11.6 Å². The number of aromatic nitrogens is 1. The number of pyridine rings is 1. The molecule has 2 N–H and O–H groups in total. The summed E-state index contributed by atoms with van der Waals surface area (Å²) in [6.07, 6.45) is 3.85. The van der Waals surface area contributed by atoms with E-state index in [9.17, 15) is 26.8 Å². The number of nitrogens with one attached hydrogen (secondary N) is 1. The summed E-state index contributed by atoms with van der Waals surface area (Å²) in [4.78, 5) is 25.0. The second kappa shape index (κ2) is 11.5. The molecule has 0 radical (unpaired) electrons. The average Bonchev–Trinajstić information content (AvgIpc) is 2.87. The zero-order valence-corrected chi connectivity index (χ0v) is 21.7. The van der Waals surface area contributed by atoms with Gasteiger partial charge in [-0.2, -0.15) is 0 Å². The van der Waals surface area contributed by atoms with E-state index in [1.807, 2.05) is 0 Å². The number of rotatable bonds is 11. The lowest BCUT2D eigenvalue weighted by Crippen LogP contribution is -2.49. The number of amides is 1. The molecule has 0 bridgehead atoms. The van der Waals surface area contributed by atoms with E-state index < -0.39 is 37.7 Å². The molecule has 1 aromatic heterocycles. The van der Waals surface area contributed by atoms with Gasteiger partial charge in [-0.05, 0) is 67.3 Å². The Kier molecular flexibility index (Phi) is 8.83. The van der Waals surface area contributed by atoms with E-state index in [4.69, 9.17) is 9.94 Å². The van der Waals surface area contributed by atoms with Gasteiger partial charge in [0.25, 0.3) is 11.5 Å². The highest BCUT2D eigenvalue weighted by Crippen LogP contribution is 2.29. The fourth-order valence-corrected chi connectivity index (χ4v) is 4.96. The largest absolute Gasteiger partial charge is 0.385 e. The summed E-state index contributed by atoms with van der Waals surface area (Å²) < 4.78 is 58.2. The first-order valence-electron chi connectivity index (χ1n) is 11.7. The molecule has 0 aliphatic rings. The van der Waals surface area contributed by atoms with E-state index in [2.05, 4.69) is 0 Å². The number of hydroxylamine groups is 1. The average molecular weight is 537 g/mol. The Morgan fingerprint density at radius 1 is 1.14 bits per heavy atom. The van der Waals surface area contributed by atoms with Crippen molar-refractivity contribution in [2.45, 2.75) is 43.9 Å². The van der Waals surface area contributed by atoms with E-state index in [1.54, 1.807) is 25.3 Å². The molecule has 11 heteroatoms. The molecule has 200 valence electrons. The van der Waals surface area contributed by atoms with Crippen LogP contribution in [0.25, 0.3) is 21.9 Å². The number of sulfone groups is 1. The first-order valence-corrected chi connectivity index (χ1v) is 13.6. The molecule has 2 aromatic carbocycles. The number of carbonyl (C=O) groups is 1. The van der Waals surface area contributed by atoms with Crippen LogP contribution in [0.1, 0.15) is 31.7 Å². The van der Waals surface area contributed by atoms with Crippen LogP contribution in [0.4, 0.5) is 8.78 Å². The Hall–Kier alpha value is -3.15. The fourth-order valence-electron chi connectivity index (χ4n) is 4.12. The van der Waals surface area contributed by atoms with Gasteiger partial charge in [-0.15, -0.1) is 0 Å². The first-order chi connectivity index (χ1) is 17.4. The Morgan fingerprint density at radius 3 is 2.51 bits per heavy atom. The van der Waals surface area contributed by atoms with Crippen LogP contribution in [0.2, 0.25) is 0 Å². The van der Waals surface area contributed by atoms with E-state index >= 15 is 0 Å². The highest BCUT2D eigenvalue weighted by molar-refractivity contribution is 7.92. The second-order valence-corrected chi connectivity index (χ2v) is 11.6. The Morgan fingerprint density at radius 2 is 1.86 bits per heavy atom. The lowest BCUT2D eigenvalue weighted by molar-refractivity contribution is -0.131. The number of hydrogen-bond acceptors (Lipinski definition) is 6. The van der Waals surface area contributed by atoms with E-state index in [0.717, 1.165) is 12.7 Å². The predicted octanol–water partition coefficient (Wildman–Crippen LogP) is 3.61. The molecule has 0 aliphatic carbocycles. The van der Waals surface area contributed by atoms with Crippen LogP contribution in [0.15, 0.2) is 47.4 Å². The highest BCUT2D eigenvalue weighted by Gasteiger charge is 2.43. The highest BCUT2D eigenvalue weighted by atomic mass is 32.2. The summed E-state index contributed by atoms with van der Waals surface area (Å²) in [5.74, 6) is -2.95. The molecule has 1 heterocycles. The van der Waals surface area contributed by atoms with Gasteiger partial charge in [0.2, 0.25) is 0 Å². The van der Waals surface area contributed by atoms with Gasteiger partial charge in [-0.3, -0.25) is 14.8 Å². The zero-order chi connectivity index (χ0) is 27.4. The van der Waals surface area contributed by atoms with Gasteiger partial charge >= 0.3 is 0 Å². The summed E-state index contributed by atoms with van der Waals surface area (Å²) in [6, 6.07) is 9.27. The molecule has 1 atom stereocenters. The molecule has 3 aromatic rings. The summed E-state index contributed by atoms with van der Waals surface area (Å²) >= 11 is 0. The zero-order valence-electron chi connectivity index (χ0n) is 20.9. The van der Waals surface area contributed by atoms with E-state index in [-0.39, 0.29) is 29.5 Å². The van der Waals surface area contributed by atoms with Gasteiger partial charge in [0.05, 0.1) is 0 Å². The molecule has 3 rings (SSSR count). The van der Waals surface area contributed by atoms with Gasteiger partial charge in [-0.25, -0.2) is 22.7 Å². The smallest absolute Gasteiger partial charge is 0.264 e. The van der Waals surface area contributed by atoms with Gasteiger partial charge in [0, 0.05) is 43.7 Å². The Balaban J connectivity index is 1.89. The number of methoxy groups -OCH3 is 1. The van der Waals surface area contributed by atoms with Crippen molar-refractivity contribution in [3.05, 3.63) is 70.1 Å². The number of carbonyl (C=O) groups excluding carboxylic acids is 1. The molecular formula is C26H30F2N2O6S. The number of aryl methyl sites for hydroxylation is 2.